The summed E-state index contributed by atoms with van der Waals surface area (Å²) in [5.41, 5.74) is 0.297. The zero-order valence-corrected chi connectivity index (χ0v) is 14.3. The Morgan fingerprint density at radius 3 is 2.62 bits per heavy atom. The van der Waals surface area contributed by atoms with Gasteiger partial charge < -0.3 is 5.32 Å². The Morgan fingerprint density at radius 2 is 1.96 bits per heavy atom. The first-order valence-corrected chi connectivity index (χ1v) is 8.20. The molecule has 2 rings (SSSR count). The molecular formula is C15H18FN5O2S. The van der Waals surface area contributed by atoms with Gasteiger partial charge in [-0.1, -0.05) is 23.9 Å². The number of nitrogens with one attached hydrogen (secondary N) is 3. The van der Waals surface area contributed by atoms with Crippen LogP contribution in [0.15, 0.2) is 29.4 Å². The van der Waals surface area contributed by atoms with Crippen LogP contribution < -0.4 is 10.6 Å². The van der Waals surface area contributed by atoms with Crippen LogP contribution in [-0.2, 0) is 4.79 Å². The summed E-state index contributed by atoms with van der Waals surface area (Å²) in [4.78, 5) is 27.6. The maximum atomic E-state index is 13.7. The molecule has 0 unspecified atom stereocenters. The minimum atomic E-state index is -0.591. The van der Waals surface area contributed by atoms with E-state index in [1.54, 1.807) is 39.0 Å². The number of aromatic amines is 1. The molecule has 0 spiro atoms. The lowest BCUT2D eigenvalue weighted by molar-refractivity contribution is -0.119. The second-order valence-corrected chi connectivity index (χ2v) is 6.63. The van der Waals surface area contributed by atoms with Gasteiger partial charge in [0.15, 0.2) is 5.82 Å². The summed E-state index contributed by atoms with van der Waals surface area (Å²) >= 11 is 1.07. The molecule has 3 N–H and O–H groups in total. The van der Waals surface area contributed by atoms with Gasteiger partial charge in [-0.05, 0) is 32.9 Å². The normalized spacial score (nSPS) is 12.0. The van der Waals surface area contributed by atoms with Gasteiger partial charge in [0.1, 0.15) is 5.82 Å². The molecule has 1 heterocycles. The number of urea groups is 1. The number of hydrogen-bond acceptors (Lipinski definition) is 5. The maximum absolute atomic E-state index is 13.7. The predicted octanol–water partition coefficient (Wildman–Crippen LogP) is 2.33. The Bertz CT molecular complexity index is 734. The molecule has 0 saturated carbocycles. The molecule has 0 bridgehead atoms. The molecule has 3 amide bonds. The number of imide groups is 1. The molecule has 0 fully saturated rings. The van der Waals surface area contributed by atoms with E-state index in [9.17, 15) is 14.0 Å². The molecule has 1 aromatic heterocycles. The molecule has 1 aromatic carbocycles. The Labute approximate surface area is 142 Å². The maximum Gasteiger partial charge on any atom is 0.321 e. The summed E-state index contributed by atoms with van der Waals surface area (Å²) < 4.78 is 13.7. The molecule has 0 saturated heterocycles. The van der Waals surface area contributed by atoms with Gasteiger partial charge in [-0.15, -0.1) is 5.10 Å². The minimum Gasteiger partial charge on any atom is -0.336 e. The molecular weight excluding hydrogens is 333 g/mol. The zero-order valence-electron chi connectivity index (χ0n) is 13.5. The molecule has 9 heteroatoms. The second-order valence-electron chi connectivity index (χ2n) is 5.32. The quantitative estimate of drug-likeness (QED) is 0.718. The largest absolute Gasteiger partial charge is 0.336 e. The molecule has 2 aromatic rings. The Balaban J connectivity index is 1.98. The van der Waals surface area contributed by atoms with Crippen LogP contribution in [0.1, 0.15) is 20.8 Å². The van der Waals surface area contributed by atoms with Crippen LogP contribution >= 0.6 is 11.8 Å². The van der Waals surface area contributed by atoms with E-state index < -0.39 is 23.0 Å². The van der Waals surface area contributed by atoms with Gasteiger partial charge in [0.25, 0.3) is 0 Å². The van der Waals surface area contributed by atoms with Crippen molar-refractivity contribution in [3.05, 3.63) is 30.1 Å². The van der Waals surface area contributed by atoms with E-state index in [-0.39, 0.29) is 11.9 Å². The molecule has 0 radical (unpaired) electrons. The third-order valence-corrected chi connectivity index (χ3v) is 3.86. The first-order valence-electron chi connectivity index (χ1n) is 7.32. The van der Waals surface area contributed by atoms with Crippen molar-refractivity contribution < 1.29 is 14.0 Å². The summed E-state index contributed by atoms with van der Waals surface area (Å²) in [7, 11) is 0. The van der Waals surface area contributed by atoms with Crippen LogP contribution in [0.4, 0.5) is 9.18 Å². The van der Waals surface area contributed by atoms with Crippen LogP contribution in [0.25, 0.3) is 11.4 Å². The van der Waals surface area contributed by atoms with Crippen molar-refractivity contribution in [1.82, 2.24) is 25.8 Å². The fourth-order valence-electron chi connectivity index (χ4n) is 1.80. The van der Waals surface area contributed by atoms with E-state index in [1.807, 2.05) is 0 Å². The molecule has 0 aliphatic heterocycles. The van der Waals surface area contributed by atoms with Crippen molar-refractivity contribution in [3.8, 4) is 11.4 Å². The highest BCUT2D eigenvalue weighted by Gasteiger charge is 2.20. The lowest BCUT2D eigenvalue weighted by Crippen LogP contribution is -2.45. The van der Waals surface area contributed by atoms with Gasteiger partial charge in [0.05, 0.1) is 10.8 Å². The van der Waals surface area contributed by atoms with Crippen LogP contribution in [0.3, 0.4) is 0 Å². The number of aromatic nitrogens is 3. The van der Waals surface area contributed by atoms with E-state index in [0.717, 1.165) is 11.8 Å². The number of rotatable bonds is 5. The third kappa shape index (κ3) is 4.79. The summed E-state index contributed by atoms with van der Waals surface area (Å²) in [5, 5.41) is 11.1. The number of benzene rings is 1. The predicted molar refractivity (Wildman–Crippen MR) is 88.9 cm³/mol. The van der Waals surface area contributed by atoms with Gasteiger partial charge in [-0.2, -0.15) is 0 Å². The summed E-state index contributed by atoms with van der Waals surface area (Å²) in [6.07, 6.45) is 0. The number of H-pyrrole nitrogens is 1. The van der Waals surface area contributed by atoms with E-state index in [0.29, 0.717) is 10.7 Å². The standard InChI is InChI=1S/C15H18FN5O2S/c1-8(2)17-14(23)19-13(22)9(3)24-15-18-12(20-21-15)10-6-4-5-7-11(10)16/h4-9H,1-3H3,(H,18,20,21)(H2,17,19,22,23)/t9-/m1/s1. The van der Waals surface area contributed by atoms with Crippen molar-refractivity contribution in [3.63, 3.8) is 0 Å². The van der Waals surface area contributed by atoms with Crippen LogP contribution in [0, 0.1) is 5.82 Å². The lowest BCUT2D eigenvalue weighted by atomic mass is 10.2. The number of hydrogen-bond donors (Lipinski definition) is 3. The number of nitrogens with zero attached hydrogens (tertiary/aromatic N) is 2. The lowest BCUT2D eigenvalue weighted by Gasteiger charge is -2.11. The van der Waals surface area contributed by atoms with Crippen LogP contribution in [0.2, 0.25) is 0 Å². The number of carbonyl (C=O) groups is 2. The SMILES string of the molecule is CC(C)NC(=O)NC(=O)[C@@H](C)Sc1n[nH]c(-c2ccccc2F)n1. The van der Waals surface area contributed by atoms with Crippen molar-refractivity contribution in [1.29, 1.82) is 0 Å². The van der Waals surface area contributed by atoms with Crippen LogP contribution in [0.5, 0.6) is 0 Å². The first kappa shape index (κ1) is 17.9. The number of thioether (sulfide) groups is 1. The molecule has 24 heavy (non-hydrogen) atoms. The third-order valence-electron chi connectivity index (χ3n) is 2.90. The highest BCUT2D eigenvalue weighted by molar-refractivity contribution is 8.00. The van der Waals surface area contributed by atoms with E-state index in [2.05, 4.69) is 25.8 Å². The van der Waals surface area contributed by atoms with E-state index in [4.69, 9.17) is 0 Å². The Kier molecular flexibility index (Phi) is 5.91. The molecule has 0 aliphatic carbocycles. The highest BCUT2D eigenvalue weighted by Crippen LogP contribution is 2.24. The Morgan fingerprint density at radius 1 is 1.25 bits per heavy atom. The van der Waals surface area contributed by atoms with Crippen molar-refractivity contribution in [2.45, 2.75) is 37.2 Å². The van der Waals surface area contributed by atoms with Crippen molar-refractivity contribution in [2.24, 2.45) is 0 Å². The van der Waals surface area contributed by atoms with Gasteiger partial charge in [-0.3, -0.25) is 15.2 Å². The second kappa shape index (κ2) is 7.91. The number of halogens is 1. The molecule has 128 valence electrons. The Hall–Kier alpha value is -2.42. The van der Waals surface area contributed by atoms with Gasteiger partial charge in [-0.25, -0.2) is 14.2 Å². The summed E-state index contributed by atoms with van der Waals surface area (Å²) in [5.74, 6) is -0.600. The minimum absolute atomic E-state index is 0.0721. The van der Waals surface area contributed by atoms with Crippen LogP contribution in [-0.4, -0.2) is 38.4 Å². The van der Waals surface area contributed by atoms with E-state index >= 15 is 0 Å². The smallest absolute Gasteiger partial charge is 0.321 e. The molecule has 0 aliphatic rings. The summed E-state index contributed by atoms with van der Waals surface area (Å²) in [6.45, 7) is 5.21. The topological polar surface area (TPSA) is 99.8 Å². The fourth-order valence-corrected chi connectivity index (χ4v) is 2.52. The molecule has 7 nitrogen and oxygen atoms in total. The average molecular weight is 351 g/mol. The summed E-state index contributed by atoms with van der Waals surface area (Å²) in [6, 6.07) is 5.56. The monoisotopic (exact) mass is 351 g/mol. The van der Waals surface area contributed by atoms with Crippen molar-refractivity contribution >= 4 is 23.7 Å². The number of carbonyl (C=O) groups excluding carboxylic acids is 2. The first-order chi connectivity index (χ1) is 11.4. The number of amides is 3. The van der Waals surface area contributed by atoms with E-state index in [1.165, 1.54) is 6.07 Å². The highest BCUT2D eigenvalue weighted by atomic mass is 32.2. The average Bonchev–Trinajstić information content (AvgIpc) is 2.94. The van der Waals surface area contributed by atoms with Gasteiger partial charge in [0.2, 0.25) is 11.1 Å². The zero-order chi connectivity index (χ0) is 17.7. The fraction of sp³-hybridized carbons (Fsp3) is 0.333. The van der Waals surface area contributed by atoms with Crippen molar-refractivity contribution in [2.75, 3.05) is 0 Å². The van der Waals surface area contributed by atoms with Gasteiger partial charge in [0, 0.05) is 6.04 Å². The van der Waals surface area contributed by atoms with Gasteiger partial charge >= 0.3 is 6.03 Å². The molecule has 1 atom stereocenters.